The molecule has 0 saturated heterocycles. The van der Waals surface area contributed by atoms with Crippen LogP contribution >= 0.6 is 23.3 Å². The Kier molecular flexibility index (Phi) is 7.26. The van der Waals surface area contributed by atoms with Crippen molar-refractivity contribution >= 4 is 34.9 Å². The Bertz CT molecular complexity index is 1180. The molecule has 0 aliphatic carbocycles. The zero-order valence-corrected chi connectivity index (χ0v) is 21.9. The Labute approximate surface area is 209 Å². The molecule has 0 bridgehead atoms. The fourth-order valence-corrected chi connectivity index (χ4v) is 5.79. The molecule has 0 spiro atoms. The molecule has 1 unspecified atom stereocenters. The number of nitrogens with one attached hydrogen (secondary N) is 1. The van der Waals surface area contributed by atoms with E-state index in [1.807, 2.05) is 58.2 Å². The number of hydrogen-bond donors (Lipinski definition) is 2. The lowest BCUT2D eigenvalue weighted by molar-refractivity contribution is -0.160. The average molecular weight is 498 g/mol. The summed E-state index contributed by atoms with van der Waals surface area (Å²) >= 11 is 3.19. The van der Waals surface area contributed by atoms with Gasteiger partial charge in [-0.25, -0.2) is 4.79 Å². The Hall–Kier alpha value is -2.48. The number of benzene rings is 2. The van der Waals surface area contributed by atoms with Crippen LogP contribution in [0.2, 0.25) is 0 Å². The number of fused-ring (bicyclic) bond motifs is 1. The van der Waals surface area contributed by atoms with Crippen molar-refractivity contribution in [3.63, 3.8) is 0 Å². The van der Waals surface area contributed by atoms with Crippen LogP contribution in [0.1, 0.15) is 55.5 Å². The van der Waals surface area contributed by atoms with E-state index in [1.54, 1.807) is 11.3 Å². The van der Waals surface area contributed by atoms with E-state index in [2.05, 4.69) is 22.9 Å². The fourth-order valence-electron chi connectivity index (χ4n) is 4.29. The fraction of sp³-hybridized carbons (Fsp3) is 0.370. The lowest BCUT2D eigenvalue weighted by Crippen LogP contribution is -2.28. The SMILES string of the molecule is Cc1cc(NSc2cccs2)c(C)c(C(OC(C)(C)C)C(=O)O)c1-c1ccc2c(c1)CCCO2. The first kappa shape index (κ1) is 24.6. The molecule has 2 aromatic carbocycles. The van der Waals surface area contributed by atoms with Gasteiger partial charge < -0.3 is 19.3 Å². The minimum absolute atomic E-state index is 0.625. The number of anilines is 1. The van der Waals surface area contributed by atoms with Crippen molar-refractivity contribution in [2.24, 2.45) is 0 Å². The van der Waals surface area contributed by atoms with E-state index in [0.29, 0.717) is 5.56 Å². The van der Waals surface area contributed by atoms with Crippen LogP contribution in [-0.2, 0) is 16.0 Å². The maximum Gasteiger partial charge on any atom is 0.337 e. The van der Waals surface area contributed by atoms with Gasteiger partial charge in [0.2, 0.25) is 0 Å². The number of rotatable bonds is 7. The number of aryl methyl sites for hydroxylation is 2. The largest absolute Gasteiger partial charge is 0.493 e. The maximum absolute atomic E-state index is 12.5. The zero-order valence-electron chi connectivity index (χ0n) is 20.2. The number of carbonyl (C=O) groups is 1. The van der Waals surface area contributed by atoms with E-state index in [9.17, 15) is 9.90 Å². The molecule has 0 radical (unpaired) electrons. The summed E-state index contributed by atoms with van der Waals surface area (Å²) < 4.78 is 16.5. The Balaban J connectivity index is 1.87. The summed E-state index contributed by atoms with van der Waals surface area (Å²) in [7, 11) is 0. The zero-order chi connectivity index (χ0) is 24.5. The van der Waals surface area contributed by atoms with E-state index in [-0.39, 0.29) is 0 Å². The van der Waals surface area contributed by atoms with Gasteiger partial charge in [0, 0.05) is 11.3 Å². The molecule has 0 saturated carbocycles. The molecule has 0 amide bonds. The second-order valence-electron chi connectivity index (χ2n) is 9.51. The summed E-state index contributed by atoms with van der Waals surface area (Å²) in [6.45, 7) is 10.4. The molecule has 5 nitrogen and oxygen atoms in total. The predicted molar refractivity (Wildman–Crippen MR) is 140 cm³/mol. The van der Waals surface area contributed by atoms with Gasteiger partial charge in [-0.1, -0.05) is 12.1 Å². The van der Waals surface area contributed by atoms with Crippen molar-refractivity contribution in [3.05, 3.63) is 64.0 Å². The lowest BCUT2D eigenvalue weighted by atomic mass is 9.86. The first-order valence-electron chi connectivity index (χ1n) is 11.4. The number of ether oxygens (including phenoxy) is 2. The molecule has 4 rings (SSSR count). The van der Waals surface area contributed by atoms with Crippen molar-refractivity contribution in [1.29, 1.82) is 0 Å². The van der Waals surface area contributed by atoms with Gasteiger partial charge in [-0.3, -0.25) is 0 Å². The predicted octanol–water partition coefficient (Wildman–Crippen LogP) is 7.42. The second kappa shape index (κ2) is 10.0. The number of carboxylic acid groups (broad SMARTS) is 1. The van der Waals surface area contributed by atoms with Gasteiger partial charge in [-0.05, 0) is 117 Å². The van der Waals surface area contributed by atoms with E-state index < -0.39 is 17.7 Å². The van der Waals surface area contributed by atoms with Crippen LogP contribution in [0, 0.1) is 13.8 Å². The monoisotopic (exact) mass is 497 g/mol. The number of aliphatic carboxylic acids is 1. The molecule has 2 N–H and O–H groups in total. The maximum atomic E-state index is 12.5. The number of carboxylic acids is 1. The molecule has 1 aliphatic rings. The second-order valence-corrected chi connectivity index (χ2v) is 11.6. The molecule has 0 fully saturated rings. The summed E-state index contributed by atoms with van der Waals surface area (Å²) in [5, 5.41) is 12.3. The molecule has 1 atom stereocenters. The summed E-state index contributed by atoms with van der Waals surface area (Å²) in [6, 6.07) is 12.3. The van der Waals surface area contributed by atoms with Crippen LogP contribution in [0.5, 0.6) is 5.75 Å². The molecule has 34 heavy (non-hydrogen) atoms. The van der Waals surface area contributed by atoms with Gasteiger partial charge in [-0.2, -0.15) is 0 Å². The van der Waals surface area contributed by atoms with Crippen LogP contribution in [0.3, 0.4) is 0 Å². The third kappa shape index (κ3) is 5.43. The Morgan fingerprint density at radius 1 is 1.24 bits per heavy atom. The van der Waals surface area contributed by atoms with Gasteiger partial charge in [0.1, 0.15) is 5.75 Å². The number of thiophene rings is 1. The van der Waals surface area contributed by atoms with Crippen molar-refractivity contribution in [1.82, 2.24) is 0 Å². The van der Waals surface area contributed by atoms with E-state index in [0.717, 1.165) is 62.9 Å². The third-order valence-electron chi connectivity index (χ3n) is 5.74. The van der Waals surface area contributed by atoms with E-state index in [1.165, 1.54) is 11.9 Å². The van der Waals surface area contributed by atoms with Gasteiger partial charge >= 0.3 is 5.97 Å². The highest BCUT2D eigenvalue weighted by Gasteiger charge is 2.32. The first-order valence-corrected chi connectivity index (χ1v) is 13.1. The molecular weight excluding hydrogens is 466 g/mol. The summed E-state index contributed by atoms with van der Waals surface area (Å²) in [4.78, 5) is 12.5. The van der Waals surface area contributed by atoms with Crippen LogP contribution in [0.15, 0.2) is 46.0 Å². The van der Waals surface area contributed by atoms with E-state index in [4.69, 9.17) is 9.47 Å². The van der Waals surface area contributed by atoms with E-state index >= 15 is 0 Å². The minimum atomic E-state index is -1.10. The van der Waals surface area contributed by atoms with Gasteiger partial charge in [0.05, 0.1) is 16.4 Å². The molecule has 1 aromatic heterocycles. The van der Waals surface area contributed by atoms with Crippen LogP contribution in [0.25, 0.3) is 11.1 Å². The van der Waals surface area contributed by atoms with Gasteiger partial charge in [0.25, 0.3) is 0 Å². The molecule has 180 valence electrons. The lowest BCUT2D eigenvalue weighted by Gasteiger charge is -2.30. The summed E-state index contributed by atoms with van der Waals surface area (Å²) in [5.74, 6) is -0.0830. The Morgan fingerprint density at radius 2 is 2.03 bits per heavy atom. The highest BCUT2D eigenvalue weighted by Crippen LogP contribution is 2.43. The van der Waals surface area contributed by atoms with Crippen molar-refractivity contribution in [2.75, 3.05) is 11.3 Å². The highest BCUT2D eigenvalue weighted by molar-refractivity contribution is 8.02. The summed E-state index contributed by atoms with van der Waals surface area (Å²) in [6.07, 6.45) is 0.832. The van der Waals surface area contributed by atoms with Crippen molar-refractivity contribution in [2.45, 2.75) is 63.4 Å². The summed E-state index contributed by atoms with van der Waals surface area (Å²) in [5.41, 5.74) is 5.87. The van der Waals surface area contributed by atoms with Crippen LogP contribution in [-0.4, -0.2) is 23.3 Å². The Morgan fingerprint density at radius 3 is 2.71 bits per heavy atom. The quantitative estimate of drug-likeness (QED) is 0.331. The first-order chi connectivity index (χ1) is 16.1. The highest BCUT2D eigenvalue weighted by atomic mass is 32.2. The van der Waals surface area contributed by atoms with Crippen molar-refractivity contribution in [3.8, 4) is 16.9 Å². The number of hydrogen-bond acceptors (Lipinski definition) is 6. The van der Waals surface area contributed by atoms with Gasteiger partial charge in [0.15, 0.2) is 6.10 Å². The molecule has 3 aromatic rings. The normalized spacial score (nSPS) is 14.3. The van der Waals surface area contributed by atoms with Gasteiger partial charge in [-0.15, -0.1) is 11.3 Å². The molecule has 2 heterocycles. The van der Waals surface area contributed by atoms with Crippen LogP contribution in [0.4, 0.5) is 5.69 Å². The standard InChI is InChI=1S/C27H31NO4S2/c1-16-14-20(28-34-22-9-7-13-33-22)17(2)24(25(26(29)30)32-27(3,4)5)23(16)19-10-11-21-18(15-19)8-6-12-31-21/h7,9-11,13-15,25,28H,6,8,12H2,1-5H3,(H,29,30). The third-order valence-corrected chi connectivity index (χ3v) is 7.60. The van der Waals surface area contributed by atoms with Crippen LogP contribution < -0.4 is 9.46 Å². The molecule has 1 aliphatic heterocycles. The average Bonchev–Trinajstić information content (AvgIpc) is 3.30. The molecule has 7 heteroatoms. The van der Waals surface area contributed by atoms with Crippen molar-refractivity contribution < 1.29 is 19.4 Å². The topological polar surface area (TPSA) is 67.8 Å². The molecular formula is C27H31NO4S2. The minimum Gasteiger partial charge on any atom is -0.493 e. The smallest absolute Gasteiger partial charge is 0.337 e.